The van der Waals surface area contributed by atoms with Crippen LogP contribution >= 0.6 is 23.2 Å². The van der Waals surface area contributed by atoms with Crippen molar-refractivity contribution in [1.82, 2.24) is 0 Å². The highest BCUT2D eigenvalue weighted by Gasteiger charge is 2.27. The minimum absolute atomic E-state index is 0.193. The van der Waals surface area contributed by atoms with Gasteiger partial charge in [0.1, 0.15) is 6.61 Å². The number of alkyl halides is 3. The van der Waals surface area contributed by atoms with Gasteiger partial charge >= 0.3 is 6.18 Å². The zero-order valence-corrected chi connectivity index (χ0v) is 13.7. The van der Waals surface area contributed by atoms with Crippen LogP contribution in [0.5, 0.6) is 0 Å². The Hall–Kier alpha value is -1.76. The van der Waals surface area contributed by atoms with Crippen LogP contribution < -0.4 is 5.32 Å². The van der Waals surface area contributed by atoms with Crippen LogP contribution in [0.4, 0.5) is 18.9 Å². The average Bonchev–Trinajstić information content (AvgIpc) is 2.50. The number of carbonyl (C=O) groups is 1. The fourth-order valence-electron chi connectivity index (χ4n) is 1.82. The van der Waals surface area contributed by atoms with Crippen molar-refractivity contribution in [2.75, 3.05) is 11.9 Å². The van der Waals surface area contributed by atoms with Crippen LogP contribution in [0.3, 0.4) is 0 Å². The molecule has 2 aromatic rings. The van der Waals surface area contributed by atoms with E-state index in [0.29, 0.717) is 26.9 Å². The van der Waals surface area contributed by atoms with Gasteiger partial charge in [-0.2, -0.15) is 13.2 Å². The minimum Gasteiger partial charge on any atom is -0.367 e. The maximum atomic E-state index is 12.1. The van der Waals surface area contributed by atoms with Crippen LogP contribution in [0.1, 0.15) is 15.9 Å². The molecule has 0 spiro atoms. The van der Waals surface area contributed by atoms with Gasteiger partial charge in [-0.15, -0.1) is 0 Å². The first-order valence-corrected chi connectivity index (χ1v) is 7.50. The number of rotatable bonds is 5. The van der Waals surface area contributed by atoms with Crippen LogP contribution in [-0.2, 0) is 11.3 Å². The number of carbonyl (C=O) groups excluding carboxylic acids is 1. The number of amides is 1. The summed E-state index contributed by atoms with van der Waals surface area (Å²) in [5, 5.41) is 3.38. The summed E-state index contributed by atoms with van der Waals surface area (Å²) in [6.45, 7) is -1.51. The van der Waals surface area contributed by atoms with Crippen LogP contribution in [0.15, 0.2) is 42.5 Å². The molecule has 0 saturated heterocycles. The zero-order chi connectivity index (χ0) is 17.7. The van der Waals surface area contributed by atoms with Crippen LogP contribution in [0, 0.1) is 0 Å². The lowest BCUT2D eigenvalue weighted by Gasteiger charge is -2.09. The highest BCUT2D eigenvalue weighted by Crippen LogP contribution is 2.26. The molecule has 2 aromatic carbocycles. The molecule has 3 nitrogen and oxygen atoms in total. The first-order valence-electron chi connectivity index (χ1n) is 6.74. The molecule has 0 heterocycles. The van der Waals surface area contributed by atoms with Gasteiger partial charge < -0.3 is 10.1 Å². The molecule has 0 unspecified atom stereocenters. The van der Waals surface area contributed by atoms with Crippen molar-refractivity contribution in [2.45, 2.75) is 12.8 Å². The van der Waals surface area contributed by atoms with Gasteiger partial charge in [0.15, 0.2) is 0 Å². The largest absolute Gasteiger partial charge is 0.411 e. The van der Waals surface area contributed by atoms with Gasteiger partial charge in [-0.3, -0.25) is 4.79 Å². The van der Waals surface area contributed by atoms with E-state index in [2.05, 4.69) is 10.1 Å². The third-order valence-electron chi connectivity index (χ3n) is 2.93. The quantitative estimate of drug-likeness (QED) is 0.764. The normalized spacial score (nSPS) is 11.4. The van der Waals surface area contributed by atoms with E-state index in [9.17, 15) is 18.0 Å². The molecule has 0 radical (unpaired) electrons. The highest BCUT2D eigenvalue weighted by molar-refractivity contribution is 6.35. The van der Waals surface area contributed by atoms with Gasteiger partial charge in [0.05, 0.1) is 17.3 Å². The third kappa shape index (κ3) is 5.70. The standard InChI is InChI=1S/C16H12Cl2F3NO2/c17-12-5-6-13(18)14(7-12)22-15(23)11-3-1-10(2-4-11)8-24-9-16(19,20)21/h1-7H,8-9H2,(H,22,23). The summed E-state index contributed by atoms with van der Waals surface area (Å²) in [5.41, 5.74) is 1.22. The van der Waals surface area contributed by atoms with E-state index < -0.39 is 18.7 Å². The minimum atomic E-state index is -4.37. The van der Waals surface area contributed by atoms with Crippen molar-refractivity contribution in [3.63, 3.8) is 0 Å². The van der Waals surface area contributed by atoms with Gasteiger partial charge in [0, 0.05) is 10.6 Å². The molecule has 2 rings (SSSR count). The smallest absolute Gasteiger partial charge is 0.367 e. The molecule has 0 aliphatic rings. The van der Waals surface area contributed by atoms with Gasteiger partial charge in [0.2, 0.25) is 0 Å². The summed E-state index contributed by atoms with van der Waals surface area (Å²) in [6, 6.07) is 10.7. The van der Waals surface area contributed by atoms with E-state index in [4.69, 9.17) is 23.2 Å². The molecule has 0 saturated carbocycles. The molecule has 0 aliphatic carbocycles. The van der Waals surface area contributed by atoms with Crippen LogP contribution in [0.25, 0.3) is 0 Å². The molecular weight excluding hydrogens is 366 g/mol. The second-order valence-corrected chi connectivity index (χ2v) is 5.73. The Morgan fingerprint density at radius 3 is 2.38 bits per heavy atom. The summed E-state index contributed by atoms with van der Waals surface area (Å²) >= 11 is 11.8. The molecule has 0 bridgehead atoms. The Kier molecular flexibility index (Phi) is 6.10. The first kappa shape index (κ1) is 18.6. The Morgan fingerprint density at radius 1 is 1.08 bits per heavy atom. The number of ether oxygens (including phenoxy) is 1. The molecule has 0 aromatic heterocycles. The summed E-state index contributed by atoms with van der Waals surface area (Å²) < 4.78 is 40.5. The molecular formula is C16H12Cl2F3NO2. The molecule has 128 valence electrons. The number of nitrogens with one attached hydrogen (secondary N) is 1. The Bertz CT molecular complexity index is 718. The first-order chi connectivity index (χ1) is 11.2. The monoisotopic (exact) mass is 377 g/mol. The number of hydrogen-bond donors (Lipinski definition) is 1. The van der Waals surface area contributed by atoms with E-state index in [1.807, 2.05) is 0 Å². The molecule has 1 N–H and O–H groups in total. The fraction of sp³-hybridized carbons (Fsp3) is 0.188. The third-order valence-corrected chi connectivity index (χ3v) is 3.49. The molecule has 24 heavy (non-hydrogen) atoms. The molecule has 0 atom stereocenters. The summed E-state index contributed by atoms with van der Waals surface area (Å²) in [5.74, 6) is -0.415. The second-order valence-electron chi connectivity index (χ2n) is 4.88. The highest BCUT2D eigenvalue weighted by atomic mass is 35.5. The van der Waals surface area contributed by atoms with Crippen LogP contribution in [-0.4, -0.2) is 18.7 Å². The number of benzene rings is 2. The van der Waals surface area contributed by atoms with Gasteiger partial charge in [0.25, 0.3) is 5.91 Å². The lowest BCUT2D eigenvalue weighted by molar-refractivity contribution is -0.176. The van der Waals surface area contributed by atoms with Crippen molar-refractivity contribution < 1.29 is 22.7 Å². The number of halogens is 5. The Labute approximate surface area is 146 Å². The van der Waals surface area contributed by atoms with E-state index in [1.165, 1.54) is 30.3 Å². The van der Waals surface area contributed by atoms with E-state index in [1.54, 1.807) is 12.1 Å². The summed E-state index contributed by atoms with van der Waals surface area (Å²) in [4.78, 5) is 12.1. The fourth-order valence-corrected chi connectivity index (χ4v) is 2.16. The summed E-state index contributed by atoms with van der Waals surface area (Å²) in [6.07, 6.45) is -4.37. The topological polar surface area (TPSA) is 38.3 Å². The zero-order valence-electron chi connectivity index (χ0n) is 12.2. The maximum Gasteiger partial charge on any atom is 0.411 e. The van der Waals surface area contributed by atoms with Crippen LogP contribution in [0.2, 0.25) is 10.0 Å². The lowest BCUT2D eigenvalue weighted by atomic mass is 10.1. The number of anilines is 1. The van der Waals surface area contributed by atoms with Gasteiger partial charge in [-0.25, -0.2) is 0 Å². The lowest BCUT2D eigenvalue weighted by Crippen LogP contribution is -2.16. The predicted molar refractivity (Wildman–Crippen MR) is 86.6 cm³/mol. The van der Waals surface area contributed by atoms with Crippen molar-refractivity contribution in [3.8, 4) is 0 Å². The summed E-state index contributed by atoms with van der Waals surface area (Å²) in [7, 11) is 0. The van der Waals surface area contributed by atoms with Crippen molar-refractivity contribution >= 4 is 34.8 Å². The Balaban J connectivity index is 1.97. The number of hydrogen-bond acceptors (Lipinski definition) is 2. The van der Waals surface area contributed by atoms with Crippen molar-refractivity contribution in [2.24, 2.45) is 0 Å². The average molecular weight is 378 g/mol. The van der Waals surface area contributed by atoms with E-state index in [-0.39, 0.29) is 6.61 Å². The predicted octanol–water partition coefficient (Wildman–Crippen LogP) is 5.32. The van der Waals surface area contributed by atoms with Gasteiger partial charge in [-0.05, 0) is 35.9 Å². The SMILES string of the molecule is O=C(Nc1cc(Cl)ccc1Cl)c1ccc(COCC(F)(F)F)cc1. The van der Waals surface area contributed by atoms with E-state index >= 15 is 0 Å². The molecule has 1 amide bonds. The molecule has 0 aliphatic heterocycles. The second kappa shape index (κ2) is 7.88. The molecule has 8 heteroatoms. The molecule has 0 fully saturated rings. The Morgan fingerprint density at radius 2 is 1.75 bits per heavy atom. The van der Waals surface area contributed by atoms with Crippen molar-refractivity contribution in [3.05, 3.63) is 63.6 Å². The van der Waals surface area contributed by atoms with Crippen molar-refractivity contribution in [1.29, 1.82) is 0 Å². The maximum absolute atomic E-state index is 12.1. The van der Waals surface area contributed by atoms with E-state index in [0.717, 1.165) is 0 Å². The van der Waals surface area contributed by atoms with Gasteiger partial charge in [-0.1, -0.05) is 35.3 Å².